The molecule has 1 heterocycles. The van der Waals surface area contributed by atoms with Gasteiger partial charge in [-0.1, -0.05) is 6.42 Å². The molecule has 2 bridgehead atoms. The topological polar surface area (TPSA) is 21.3 Å². The van der Waals surface area contributed by atoms with Crippen molar-refractivity contribution in [1.82, 2.24) is 5.32 Å². The average Bonchev–Trinajstić information content (AvgIpc) is 3.01. The Hall–Kier alpha value is -0.0800. The molecule has 2 heteroatoms. The first-order valence-corrected chi connectivity index (χ1v) is 8.10. The molecule has 2 aliphatic carbocycles. The number of rotatable bonds is 5. The molecule has 3 fully saturated rings. The van der Waals surface area contributed by atoms with Gasteiger partial charge in [-0.15, -0.1) is 0 Å². The normalized spacial score (nSPS) is 38.2. The molecule has 18 heavy (non-hydrogen) atoms. The van der Waals surface area contributed by atoms with Crippen molar-refractivity contribution in [3.8, 4) is 0 Å². The summed E-state index contributed by atoms with van der Waals surface area (Å²) in [4.78, 5) is 0. The van der Waals surface area contributed by atoms with E-state index in [2.05, 4.69) is 12.4 Å². The number of fused-ring (bicyclic) bond motifs is 2. The molecule has 1 N–H and O–H groups in total. The molecule has 2 nitrogen and oxygen atoms in total. The van der Waals surface area contributed by atoms with Crippen LogP contribution < -0.4 is 5.32 Å². The Bertz CT molecular complexity index is 262. The van der Waals surface area contributed by atoms with Crippen molar-refractivity contribution in [3.05, 3.63) is 0 Å². The summed E-state index contributed by atoms with van der Waals surface area (Å²) in [5.41, 5.74) is 0. The second-order valence-electron chi connectivity index (χ2n) is 6.95. The Morgan fingerprint density at radius 1 is 1.06 bits per heavy atom. The van der Waals surface area contributed by atoms with E-state index in [0.717, 1.165) is 42.9 Å². The van der Waals surface area contributed by atoms with Crippen LogP contribution in [0.1, 0.15) is 51.4 Å². The van der Waals surface area contributed by atoms with Crippen LogP contribution in [0.15, 0.2) is 0 Å². The molecular formula is C16H29NO. The summed E-state index contributed by atoms with van der Waals surface area (Å²) >= 11 is 0. The van der Waals surface area contributed by atoms with Crippen molar-refractivity contribution in [2.24, 2.45) is 23.7 Å². The van der Waals surface area contributed by atoms with Gasteiger partial charge in [-0.2, -0.15) is 0 Å². The minimum atomic E-state index is 0.762. The third-order valence-electron chi connectivity index (χ3n) is 5.84. The molecule has 0 spiro atoms. The largest absolute Gasteiger partial charge is 0.381 e. The first kappa shape index (κ1) is 12.9. The van der Waals surface area contributed by atoms with Crippen molar-refractivity contribution < 1.29 is 4.74 Å². The monoisotopic (exact) mass is 251 g/mol. The standard InChI is InChI=1S/C16H29NO/c1-17-16(10-12-4-6-18-7-5-12)11-15-9-13-2-3-14(15)8-13/h12-17H,2-11H2,1H3. The van der Waals surface area contributed by atoms with Crippen LogP contribution in [0, 0.1) is 23.7 Å². The number of ether oxygens (including phenoxy) is 1. The van der Waals surface area contributed by atoms with E-state index in [1.807, 2.05) is 0 Å². The molecule has 104 valence electrons. The number of hydrogen-bond donors (Lipinski definition) is 1. The Balaban J connectivity index is 1.46. The van der Waals surface area contributed by atoms with Gasteiger partial charge in [-0.25, -0.2) is 0 Å². The molecule has 4 unspecified atom stereocenters. The number of nitrogens with one attached hydrogen (secondary N) is 1. The van der Waals surface area contributed by atoms with Crippen molar-refractivity contribution >= 4 is 0 Å². The Labute approximate surface area is 112 Å². The van der Waals surface area contributed by atoms with Gasteiger partial charge >= 0.3 is 0 Å². The minimum absolute atomic E-state index is 0.762. The number of hydrogen-bond acceptors (Lipinski definition) is 2. The first-order chi connectivity index (χ1) is 8.85. The van der Waals surface area contributed by atoms with Crippen LogP contribution in [0.3, 0.4) is 0 Å². The first-order valence-electron chi connectivity index (χ1n) is 8.10. The summed E-state index contributed by atoms with van der Waals surface area (Å²) in [6, 6.07) is 0.762. The summed E-state index contributed by atoms with van der Waals surface area (Å²) in [6.45, 7) is 1.99. The molecule has 0 radical (unpaired) electrons. The predicted octanol–water partition coefficient (Wildman–Crippen LogP) is 3.22. The molecule has 3 aliphatic rings. The maximum Gasteiger partial charge on any atom is 0.0468 e. The highest BCUT2D eigenvalue weighted by atomic mass is 16.5. The third kappa shape index (κ3) is 2.91. The van der Waals surface area contributed by atoms with Crippen molar-refractivity contribution in [2.75, 3.05) is 20.3 Å². The van der Waals surface area contributed by atoms with E-state index in [9.17, 15) is 0 Å². The summed E-state index contributed by atoms with van der Waals surface area (Å²) in [5.74, 6) is 4.14. The molecule has 2 saturated carbocycles. The van der Waals surface area contributed by atoms with E-state index in [1.165, 1.54) is 44.9 Å². The van der Waals surface area contributed by atoms with Crippen LogP contribution in [0.2, 0.25) is 0 Å². The molecule has 0 aromatic carbocycles. The molecular weight excluding hydrogens is 222 g/mol. The lowest BCUT2D eigenvalue weighted by molar-refractivity contribution is 0.0593. The fourth-order valence-corrected chi connectivity index (χ4v) is 4.75. The SMILES string of the molecule is CNC(CC1CCOCC1)CC1CC2CCC1C2. The van der Waals surface area contributed by atoms with Gasteiger partial charge in [0.25, 0.3) is 0 Å². The molecule has 4 atom stereocenters. The zero-order chi connectivity index (χ0) is 12.4. The molecule has 0 aromatic rings. The summed E-state index contributed by atoms with van der Waals surface area (Å²) in [7, 11) is 2.16. The fourth-order valence-electron chi connectivity index (χ4n) is 4.75. The molecule has 0 aromatic heterocycles. The fraction of sp³-hybridized carbons (Fsp3) is 1.00. The molecule has 1 saturated heterocycles. The highest BCUT2D eigenvalue weighted by molar-refractivity contribution is 4.92. The smallest absolute Gasteiger partial charge is 0.0468 e. The van der Waals surface area contributed by atoms with Crippen molar-refractivity contribution in [1.29, 1.82) is 0 Å². The summed E-state index contributed by atoms with van der Waals surface area (Å²) in [5, 5.41) is 3.59. The minimum Gasteiger partial charge on any atom is -0.381 e. The van der Waals surface area contributed by atoms with E-state index in [0.29, 0.717) is 0 Å². The van der Waals surface area contributed by atoms with Gasteiger partial charge < -0.3 is 10.1 Å². The van der Waals surface area contributed by atoms with Crippen LogP contribution >= 0.6 is 0 Å². The quantitative estimate of drug-likeness (QED) is 0.810. The van der Waals surface area contributed by atoms with E-state index in [4.69, 9.17) is 4.74 Å². The lowest BCUT2D eigenvalue weighted by Crippen LogP contribution is -2.33. The second-order valence-corrected chi connectivity index (χ2v) is 6.95. The molecule has 3 rings (SSSR count). The van der Waals surface area contributed by atoms with Crippen LogP contribution in [0.5, 0.6) is 0 Å². The summed E-state index contributed by atoms with van der Waals surface area (Å²) < 4.78 is 5.47. The lowest BCUT2D eigenvalue weighted by atomic mass is 9.81. The second kappa shape index (κ2) is 5.92. The Morgan fingerprint density at radius 2 is 1.89 bits per heavy atom. The molecule has 1 aliphatic heterocycles. The van der Waals surface area contributed by atoms with Gasteiger partial charge in [0.2, 0.25) is 0 Å². The maximum absolute atomic E-state index is 5.47. The van der Waals surface area contributed by atoms with E-state index < -0.39 is 0 Å². The van der Waals surface area contributed by atoms with E-state index >= 15 is 0 Å². The van der Waals surface area contributed by atoms with Crippen LogP contribution in [0.4, 0.5) is 0 Å². The summed E-state index contributed by atoms with van der Waals surface area (Å²) in [6.07, 6.45) is 11.6. The lowest BCUT2D eigenvalue weighted by Gasteiger charge is -2.30. The highest BCUT2D eigenvalue weighted by Gasteiger charge is 2.40. The zero-order valence-corrected chi connectivity index (χ0v) is 11.9. The van der Waals surface area contributed by atoms with Gasteiger partial charge in [0, 0.05) is 19.3 Å². The van der Waals surface area contributed by atoms with E-state index in [1.54, 1.807) is 6.42 Å². The van der Waals surface area contributed by atoms with Crippen molar-refractivity contribution in [3.63, 3.8) is 0 Å². The van der Waals surface area contributed by atoms with Gasteiger partial charge in [0.1, 0.15) is 0 Å². The average molecular weight is 251 g/mol. The van der Waals surface area contributed by atoms with Crippen LogP contribution in [-0.4, -0.2) is 26.3 Å². The predicted molar refractivity (Wildman–Crippen MR) is 74.6 cm³/mol. The third-order valence-corrected chi connectivity index (χ3v) is 5.84. The van der Waals surface area contributed by atoms with E-state index in [-0.39, 0.29) is 0 Å². The van der Waals surface area contributed by atoms with Gasteiger partial charge in [0.05, 0.1) is 0 Å². The van der Waals surface area contributed by atoms with Crippen LogP contribution in [0.25, 0.3) is 0 Å². The Kier molecular flexibility index (Phi) is 4.25. The maximum atomic E-state index is 5.47. The van der Waals surface area contributed by atoms with Gasteiger partial charge in [0.15, 0.2) is 0 Å². The van der Waals surface area contributed by atoms with Crippen molar-refractivity contribution in [2.45, 2.75) is 57.4 Å². The van der Waals surface area contributed by atoms with Gasteiger partial charge in [-0.3, -0.25) is 0 Å². The zero-order valence-electron chi connectivity index (χ0n) is 11.9. The Morgan fingerprint density at radius 3 is 2.50 bits per heavy atom. The molecule has 0 amide bonds. The van der Waals surface area contributed by atoms with Gasteiger partial charge in [-0.05, 0) is 75.7 Å². The highest BCUT2D eigenvalue weighted by Crippen LogP contribution is 2.50. The van der Waals surface area contributed by atoms with Crippen LogP contribution in [-0.2, 0) is 4.74 Å².